The Morgan fingerprint density at radius 1 is 1.00 bits per heavy atom. The summed E-state index contributed by atoms with van der Waals surface area (Å²) in [6.45, 7) is 2.16. The number of aryl methyl sites for hydroxylation is 1. The molecule has 38 heavy (non-hydrogen) atoms. The second-order valence-corrected chi connectivity index (χ2v) is 9.87. The summed E-state index contributed by atoms with van der Waals surface area (Å²) in [5.41, 5.74) is 7.28. The van der Waals surface area contributed by atoms with E-state index in [1.54, 1.807) is 12.1 Å². The monoisotopic (exact) mass is 525 g/mol. The third kappa shape index (κ3) is 5.68. The van der Waals surface area contributed by atoms with Gasteiger partial charge in [0.05, 0.1) is 11.3 Å². The fraction of sp³-hybridized carbons (Fsp3) is 0.207. The lowest BCUT2D eigenvalue weighted by Gasteiger charge is -2.09. The Hall–Kier alpha value is -4.24. The number of unbranched alkanes of at least 4 members (excludes halogenated alkanes) is 1. The van der Waals surface area contributed by atoms with Crippen molar-refractivity contribution in [1.82, 2.24) is 25.8 Å². The largest absolute Gasteiger partial charge is 0.478 e. The molecule has 0 unspecified atom stereocenters. The van der Waals surface area contributed by atoms with Gasteiger partial charge in [0.2, 0.25) is 0 Å². The zero-order valence-corrected chi connectivity index (χ0v) is 21.7. The van der Waals surface area contributed by atoms with Crippen molar-refractivity contribution in [2.75, 3.05) is 0 Å². The number of benzene rings is 3. The highest BCUT2D eigenvalue weighted by Gasteiger charge is 2.19. The zero-order chi connectivity index (χ0) is 26.3. The Morgan fingerprint density at radius 2 is 1.76 bits per heavy atom. The van der Waals surface area contributed by atoms with Crippen LogP contribution in [0.5, 0.6) is 0 Å². The van der Waals surface area contributed by atoms with Gasteiger partial charge in [0.25, 0.3) is 0 Å². The lowest BCUT2D eigenvalue weighted by atomic mass is 9.96. The van der Waals surface area contributed by atoms with E-state index < -0.39 is 5.97 Å². The summed E-state index contributed by atoms with van der Waals surface area (Å²) in [4.78, 5) is 11.6. The van der Waals surface area contributed by atoms with Crippen molar-refractivity contribution in [2.45, 2.75) is 43.5 Å². The summed E-state index contributed by atoms with van der Waals surface area (Å²) >= 11 is 1.49. The number of aromatic carboxylic acids is 1. The van der Waals surface area contributed by atoms with E-state index >= 15 is 0 Å². The van der Waals surface area contributed by atoms with E-state index in [-0.39, 0.29) is 0 Å². The molecule has 0 aliphatic rings. The van der Waals surface area contributed by atoms with Crippen LogP contribution < -0.4 is 0 Å². The molecule has 5 rings (SSSR count). The number of hydrogen-bond donors (Lipinski definition) is 2. The molecule has 9 heteroatoms. The maximum atomic E-state index is 11.6. The Bertz CT molecular complexity index is 1510. The highest BCUT2D eigenvalue weighted by Crippen LogP contribution is 2.33. The number of rotatable bonds is 11. The van der Waals surface area contributed by atoms with Gasteiger partial charge in [0.1, 0.15) is 0 Å². The van der Waals surface area contributed by atoms with Crippen molar-refractivity contribution in [3.8, 4) is 22.5 Å². The summed E-state index contributed by atoms with van der Waals surface area (Å²) in [5, 5.41) is 29.0. The van der Waals surface area contributed by atoms with Crippen LogP contribution in [0.2, 0.25) is 0 Å². The molecule has 3 aromatic carbocycles. The molecule has 2 N–H and O–H groups in total. The number of thioether (sulfide) groups is 1. The Kier molecular flexibility index (Phi) is 7.94. The van der Waals surface area contributed by atoms with E-state index in [0.29, 0.717) is 23.6 Å². The molecule has 0 saturated heterocycles. The molecule has 0 atom stereocenters. The van der Waals surface area contributed by atoms with Gasteiger partial charge in [0, 0.05) is 23.3 Å². The van der Waals surface area contributed by atoms with E-state index in [1.807, 2.05) is 30.3 Å². The molecule has 0 radical (unpaired) electrons. The Morgan fingerprint density at radius 3 is 2.50 bits per heavy atom. The number of carboxylic acids is 1. The minimum absolute atomic E-state index is 0.309. The van der Waals surface area contributed by atoms with Gasteiger partial charge in [-0.1, -0.05) is 97.0 Å². The normalized spacial score (nSPS) is 11.1. The topological polar surface area (TPSA) is 118 Å². The first kappa shape index (κ1) is 25.4. The van der Waals surface area contributed by atoms with Crippen molar-refractivity contribution in [3.63, 3.8) is 0 Å². The SMILES string of the molecule is CCCCc1noc(SCc2ccccc2C(=O)O)c1Cc1ccc(-c2ccccc2-c2nnn[nH]2)cc1. The number of nitrogens with zero attached hydrogens (tertiary/aromatic N) is 4. The molecule has 0 saturated carbocycles. The van der Waals surface area contributed by atoms with Gasteiger partial charge < -0.3 is 9.63 Å². The van der Waals surface area contributed by atoms with Crippen LogP contribution in [0.25, 0.3) is 22.5 Å². The predicted octanol–water partition coefficient (Wildman–Crippen LogP) is 6.45. The molecule has 0 aliphatic carbocycles. The molecule has 0 fully saturated rings. The fourth-order valence-electron chi connectivity index (χ4n) is 4.37. The van der Waals surface area contributed by atoms with Crippen molar-refractivity contribution >= 4 is 17.7 Å². The first-order valence-corrected chi connectivity index (χ1v) is 13.5. The third-order valence-corrected chi connectivity index (χ3v) is 7.42. The van der Waals surface area contributed by atoms with Gasteiger partial charge in [0.15, 0.2) is 10.9 Å². The molecule has 0 aliphatic heterocycles. The molecular weight excluding hydrogens is 498 g/mol. The first-order valence-electron chi connectivity index (χ1n) is 12.5. The summed E-state index contributed by atoms with van der Waals surface area (Å²) in [5.74, 6) is 0.189. The van der Waals surface area contributed by atoms with Crippen LogP contribution in [-0.4, -0.2) is 36.9 Å². The lowest BCUT2D eigenvalue weighted by Crippen LogP contribution is -2.01. The Labute approximate surface area is 224 Å². The van der Waals surface area contributed by atoms with Gasteiger partial charge in [-0.25, -0.2) is 9.89 Å². The smallest absolute Gasteiger partial charge is 0.335 e. The second kappa shape index (κ2) is 11.9. The van der Waals surface area contributed by atoms with Gasteiger partial charge >= 0.3 is 5.97 Å². The van der Waals surface area contributed by atoms with Crippen LogP contribution in [0.1, 0.15) is 52.5 Å². The highest BCUT2D eigenvalue weighted by molar-refractivity contribution is 7.98. The molecular formula is C29H27N5O3S. The quantitative estimate of drug-likeness (QED) is 0.189. The van der Waals surface area contributed by atoms with Gasteiger partial charge in [-0.15, -0.1) is 5.10 Å². The van der Waals surface area contributed by atoms with Crippen LogP contribution in [-0.2, 0) is 18.6 Å². The van der Waals surface area contributed by atoms with E-state index in [9.17, 15) is 9.90 Å². The molecule has 5 aromatic rings. The number of carboxylic acid groups (broad SMARTS) is 1. The number of aromatic amines is 1. The lowest BCUT2D eigenvalue weighted by molar-refractivity contribution is 0.0696. The summed E-state index contributed by atoms with van der Waals surface area (Å²) in [6, 6.07) is 23.5. The molecule has 0 bridgehead atoms. The third-order valence-electron chi connectivity index (χ3n) is 6.38. The van der Waals surface area contributed by atoms with Gasteiger partial charge in [-0.3, -0.25) is 0 Å². The van der Waals surface area contributed by atoms with Crippen LogP contribution in [0.3, 0.4) is 0 Å². The van der Waals surface area contributed by atoms with E-state index in [1.165, 1.54) is 11.8 Å². The number of carbonyl (C=O) groups is 1. The van der Waals surface area contributed by atoms with Crippen molar-refractivity contribution in [1.29, 1.82) is 0 Å². The molecule has 2 aromatic heterocycles. The zero-order valence-electron chi connectivity index (χ0n) is 20.9. The summed E-state index contributed by atoms with van der Waals surface area (Å²) < 4.78 is 5.78. The van der Waals surface area contributed by atoms with E-state index in [2.05, 4.69) is 63.0 Å². The summed E-state index contributed by atoms with van der Waals surface area (Å²) in [6.07, 6.45) is 3.62. The molecule has 192 valence electrons. The first-order chi connectivity index (χ1) is 18.6. The Balaban J connectivity index is 1.39. The van der Waals surface area contributed by atoms with Gasteiger partial charge in [-0.05, 0) is 51.6 Å². The fourth-order valence-corrected chi connectivity index (χ4v) is 5.36. The van der Waals surface area contributed by atoms with E-state index in [4.69, 9.17) is 4.52 Å². The van der Waals surface area contributed by atoms with Crippen LogP contribution >= 0.6 is 11.8 Å². The van der Waals surface area contributed by atoms with Crippen molar-refractivity contribution < 1.29 is 14.4 Å². The van der Waals surface area contributed by atoms with E-state index in [0.717, 1.165) is 63.4 Å². The number of nitrogens with one attached hydrogen (secondary N) is 1. The summed E-state index contributed by atoms with van der Waals surface area (Å²) in [7, 11) is 0. The second-order valence-electron chi connectivity index (χ2n) is 8.92. The molecule has 0 amide bonds. The molecule has 0 spiro atoms. The predicted molar refractivity (Wildman–Crippen MR) is 146 cm³/mol. The minimum atomic E-state index is -0.927. The average Bonchev–Trinajstić information content (AvgIpc) is 3.62. The molecule has 2 heterocycles. The number of H-pyrrole nitrogens is 1. The highest BCUT2D eigenvalue weighted by atomic mass is 32.2. The number of tetrazole rings is 1. The van der Waals surface area contributed by atoms with Crippen LogP contribution in [0.4, 0.5) is 0 Å². The maximum absolute atomic E-state index is 11.6. The van der Waals surface area contributed by atoms with Gasteiger partial charge in [-0.2, -0.15) is 0 Å². The number of hydrogen-bond acceptors (Lipinski definition) is 7. The maximum Gasteiger partial charge on any atom is 0.335 e. The van der Waals surface area contributed by atoms with Crippen molar-refractivity contribution in [3.05, 3.63) is 101 Å². The van der Waals surface area contributed by atoms with Crippen molar-refractivity contribution in [2.24, 2.45) is 0 Å². The van der Waals surface area contributed by atoms with Crippen LogP contribution in [0.15, 0.2) is 82.4 Å². The number of aromatic nitrogens is 5. The minimum Gasteiger partial charge on any atom is -0.478 e. The molecule has 8 nitrogen and oxygen atoms in total. The average molecular weight is 526 g/mol. The standard InChI is InChI=1S/C29H27N5O3S/c1-2-3-12-26-25(29(37-32-26)38-18-21-8-4-5-10-23(21)28(35)36)17-19-13-15-20(16-14-19)22-9-6-7-11-24(22)27-30-33-34-31-27/h4-11,13-16H,2-3,12,17-18H2,1H3,(H,35,36)(H,30,31,33,34). The van der Waals surface area contributed by atoms with Crippen LogP contribution in [0, 0.1) is 0 Å².